The number of anilines is 6. The van der Waals surface area contributed by atoms with E-state index < -0.39 is 5.41 Å². The molecule has 2 aliphatic rings. The molecule has 1 unspecified atom stereocenters. The molecule has 11 aromatic carbocycles. The molecule has 3 heteroatoms. The van der Waals surface area contributed by atoms with E-state index in [-0.39, 0.29) is 0 Å². The molecule has 1 heterocycles. The van der Waals surface area contributed by atoms with Crippen LogP contribution in [0.25, 0.3) is 60.5 Å². The Kier molecular flexibility index (Phi) is 8.50. The van der Waals surface area contributed by atoms with Crippen molar-refractivity contribution >= 4 is 66.7 Å². The largest absolute Gasteiger partial charge is 0.310 e. The fourth-order valence-electron chi connectivity index (χ4n) is 11.7. The Morgan fingerprint density at radius 3 is 1.49 bits per heavy atom. The van der Waals surface area contributed by atoms with Crippen LogP contribution in [0, 0.1) is 0 Å². The lowest BCUT2D eigenvalue weighted by atomic mass is 9.70. The Balaban J connectivity index is 0.985. The van der Waals surface area contributed by atoms with Crippen molar-refractivity contribution in [2.75, 3.05) is 9.80 Å². The van der Waals surface area contributed by atoms with E-state index in [0.717, 1.165) is 39.8 Å². The van der Waals surface area contributed by atoms with Crippen LogP contribution in [0.5, 0.6) is 0 Å². The molecule has 14 rings (SSSR count). The molecular formula is C65H43N3. The molecule has 1 aromatic heterocycles. The average Bonchev–Trinajstić information content (AvgIpc) is 4.01. The molecular weight excluding hydrogens is 823 g/mol. The minimum absolute atomic E-state index is 0.543. The van der Waals surface area contributed by atoms with Gasteiger partial charge in [0.1, 0.15) is 0 Å². The van der Waals surface area contributed by atoms with Gasteiger partial charge in [-0.15, -0.1) is 0 Å². The van der Waals surface area contributed by atoms with Gasteiger partial charge in [0.25, 0.3) is 0 Å². The van der Waals surface area contributed by atoms with Crippen molar-refractivity contribution in [3.63, 3.8) is 0 Å². The molecule has 3 nitrogen and oxygen atoms in total. The zero-order valence-corrected chi connectivity index (χ0v) is 37.2. The van der Waals surface area contributed by atoms with Crippen molar-refractivity contribution in [1.29, 1.82) is 0 Å². The van der Waals surface area contributed by atoms with Gasteiger partial charge in [0.05, 0.1) is 16.4 Å². The highest BCUT2D eigenvalue weighted by Gasteiger charge is 2.52. The molecule has 1 spiro atoms. The highest BCUT2D eigenvalue weighted by molar-refractivity contribution is 6.10. The summed E-state index contributed by atoms with van der Waals surface area (Å²) in [5.41, 5.74) is 19.9. The van der Waals surface area contributed by atoms with E-state index in [0.29, 0.717) is 0 Å². The first-order chi connectivity index (χ1) is 33.7. The summed E-state index contributed by atoms with van der Waals surface area (Å²) in [6.07, 6.45) is 0. The summed E-state index contributed by atoms with van der Waals surface area (Å²) in [7, 11) is 0. The molecule has 0 amide bonds. The van der Waals surface area contributed by atoms with E-state index in [2.05, 4.69) is 275 Å². The van der Waals surface area contributed by atoms with Gasteiger partial charge in [-0.25, -0.2) is 0 Å². The summed E-state index contributed by atoms with van der Waals surface area (Å²) in [4.78, 5) is 4.84. The van der Waals surface area contributed by atoms with Crippen LogP contribution in [0.15, 0.2) is 261 Å². The van der Waals surface area contributed by atoms with Crippen LogP contribution in [-0.4, -0.2) is 4.57 Å². The Labute approximate surface area is 395 Å². The quantitative estimate of drug-likeness (QED) is 0.158. The Morgan fingerprint density at radius 2 is 0.750 bits per heavy atom. The van der Waals surface area contributed by atoms with Crippen molar-refractivity contribution in [3.8, 4) is 27.9 Å². The van der Waals surface area contributed by atoms with Gasteiger partial charge < -0.3 is 14.4 Å². The topological polar surface area (TPSA) is 11.4 Å². The maximum Gasteiger partial charge on any atom is 0.0726 e. The normalized spacial score (nSPS) is 14.2. The monoisotopic (exact) mass is 865 g/mol. The van der Waals surface area contributed by atoms with Crippen molar-refractivity contribution in [3.05, 3.63) is 283 Å². The maximum atomic E-state index is 2.49. The lowest BCUT2D eigenvalue weighted by Gasteiger charge is -2.32. The van der Waals surface area contributed by atoms with E-state index >= 15 is 0 Å². The summed E-state index contributed by atoms with van der Waals surface area (Å²) in [5, 5.41) is 4.92. The number of hydrogen-bond acceptors (Lipinski definition) is 2. The van der Waals surface area contributed by atoms with Gasteiger partial charge in [0, 0.05) is 50.6 Å². The fourth-order valence-corrected chi connectivity index (χ4v) is 11.7. The van der Waals surface area contributed by atoms with Gasteiger partial charge in [-0.2, -0.15) is 0 Å². The minimum Gasteiger partial charge on any atom is -0.310 e. The molecule has 0 aliphatic heterocycles. The lowest BCUT2D eigenvalue weighted by Crippen LogP contribution is -2.26. The molecule has 2 aliphatic carbocycles. The van der Waals surface area contributed by atoms with E-state index in [1.165, 1.54) is 77.1 Å². The first-order valence-corrected chi connectivity index (χ1v) is 23.5. The number of nitrogens with zero attached hydrogens (tertiary/aromatic N) is 3. The van der Waals surface area contributed by atoms with Gasteiger partial charge in [0.2, 0.25) is 0 Å². The Hall–Kier alpha value is -8.92. The molecule has 12 aromatic rings. The van der Waals surface area contributed by atoms with Crippen LogP contribution < -0.4 is 9.80 Å². The third-order valence-electron chi connectivity index (χ3n) is 14.5. The molecule has 318 valence electrons. The maximum absolute atomic E-state index is 2.49. The van der Waals surface area contributed by atoms with Crippen LogP contribution in [0.2, 0.25) is 0 Å². The van der Waals surface area contributed by atoms with Crippen LogP contribution in [-0.2, 0) is 5.41 Å². The molecule has 0 fully saturated rings. The van der Waals surface area contributed by atoms with Gasteiger partial charge in [-0.1, -0.05) is 170 Å². The molecule has 0 bridgehead atoms. The zero-order chi connectivity index (χ0) is 44.8. The van der Waals surface area contributed by atoms with Crippen molar-refractivity contribution in [2.24, 2.45) is 0 Å². The minimum atomic E-state index is -0.543. The van der Waals surface area contributed by atoms with Crippen LogP contribution in [0.4, 0.5) is 34.1 Å². The Morgan fingerprint density at radius 1 is 0.265 bits per heavy atom. The summed E-state index contributed by atoms with van der Waals surface area (Å²) in [6, 6.07) is 96.1. The molecule has 0 saturated carbocycles. The summed E-state index contributed by atoms with van der Waals surface area (Å²) >= 11 is 0. The third-order valence-corrected chi connectivity index (χ3v) is 14.5. The highest BCUT2D eigenvalue weighted by Crippen LogP contribution is 2.64. The first-order valence-electron chi connectivity index (χ1n) is 23.5. The van der Waals surface area contributed by atoms with Gasteiger partial charge in [-0.05, 0) is 146 Å². The van der Waals surface area contributed by atoms with Crippen LogP contribution in [0.1, 0.15) is 22.3 Å². The number of para-hydroxylation sites is 4. The standard InChI is InChI=1S/C65H43N3/c1-4-20-46(21-5-1)66(49-33-32-44-18-10-11-19-45(44)40-49)50-36-39-61-58(41-50)54-27-13-16-30-60(54)65(61)59-29-15-12-26-53(59)55-37-34-51(42-62(55)65)67(47-22-6-2-7-23-47)52-35-38-57-56-28-14-17-31-63(56)68(64(57)43-52)48-24-8-3-9-25-48/h1-43H. The third kappa shape index (κ3) is 5.60. The molecule has 0 N–H and O–H groups in total. The number of rotatable bonds is 7. The first kappa shape index (κ1) is 38.4. The second-order valence-corrected chi connectivity index (χ2v) is 18.1. The zero-order valence-electron chi connectivity index (χ0n) is 37.2. The fraction of sp³-hybridized carbons (Fsp3) is 0.0154. The summed E-state index contributed by atoms with van der Waals surface area (Å²) in [6.45, 7) is 0. The highest BCUT2D eigenvalue weighted by atomic mass is 15.1. The number of aromatic nitrogens is 1. The predicted molar refractivity (Wildman–Crippen MR) is 284 cm³/mol. The summed E-state index contributed by atoms with van der Waals surface area (Å²) < 4.78 is 2.41. The van der Waals surface area contributed by atoms with E-state index in [9.17, 15) is 0 Å². The molecule has 0 saturated heterocycles. The molecule has 0 radical (unpaired) electrons. The number of benzene rings is 11. The SMILES string of the molecule is c1ccc(N(c2ccc3c(c2)-c2ccccc2C32c3ccccc3-c3ccc(N(c4ccccc4)c4ccc5c6ccccc6n(-c6ccccc6)c5c4)cc32)c2ccc3ccccc3c2)cc1. The van der Waals surface area contributed by atoms with Crippen LogP contribution in [0.3, 0.4) is 0 Å². The van der Waals surface area contributed by atoms with Crippen molar-refractivity contribution in [2.45, 2.75) is 5.41 Å². The van der Waals surface area contributed by atoms with Crippen LogP contribution >= 0.6 is 0 Å². The van der Waals surface area contributed by atoms with Gasteiger partial charge >= 0.3 is 0 Å². The van der Waals surface area contributed by atoms with E-state index in [1.807, 2.05) is 0 Å². The van der Waals surface area contributed by atoms with Gasteiger partial charge in [0.15, 0.2) is 0 Å². The second kappa shape index (κ2) is 15.1. The van der Waals surface area contributed by atoms with Gasteiger partial charge in [-0.3, -0.25) is 0 Å². The Bertz CT molecular complexity index is 3930. The van der Waals surface area contributed by atoms with Crippen molar-refractivity contribution < 1.29 is 0 Å². The second-order valence-electron chi connectivity index (χ2n) is 18.1. The summed E-state index contributed by atoms with van der Waals surface area (Å²) in [5.74, 6) is 0. The van der Waals surface area contributed by atoms with E-state index in [1.54, 1.807) is 0 Å². The molecule has 1 atom stereocenters. The predicted octanol–water partition coefficient (Wildman–Crippen LogP) is 17.2. The lowest BCUT2D eigenvalue weighted by molar-refractivity contribution is 0.793. The number of hydrogen-bond donors (Lipinski definition) is 0. The average molecular weight is 866 g/mol. The molecule has 68 heavy (non-hydrogen) atoms. The number of fused-ring (bicyclic) bond motifs is 14. The van der Waals surface area contributed by atoms with Crippen molar-refractivity contribution in [1.82, 2.24) is 4.57 Å². The van der Waals surface area contributed by atoms with E-state index in [4.69, 9.17) is 0 Å². The smallest absolute Gasteiger partial charge is 0.0726 e.